The van der Waals surface area contributed by atoms with Gasteiger partial charge in [0.05, 0.1) is 7.11 Å². The van der Waals surface area contributed by atoms with E-state index in [-0.39, 0.29) is 16.4 Å². The second kappa shape index (κ2) is 9.35. The van der Waals surface area contributed by atoms with Gasteiger partial charge in [0.1, 0.15) is 11.4 Å². The van der Waals surface area contributed by atoms with Crippen molar-refractivity contribution in [2.24, 2.45) is 0 Å². The van der Waals surface area contributed by atoms with Crippen LogP contribution < -0.4 is 20.1 Å². The molecule has 8 nitrogen and oxygen atoms in total. The number of anilines is 1. The minimum atomic E-state index is -0.643. The molecule has 0 unspecified atom stereocenters. The molecule has 0 spiro atoms. The second-order valence-corrected chi connectivity index (χ2v) is 6.79. The zero-order valence-electron chi connectivity index (χ0n) is 16.6. The van der Waals surface area contributed by atoms with Crippen molar-refractivity contribution < 1.29 is 28.2 Å². The highest BCUT2D eigenvalue weighted by Gasteiger charge is 2.31. The van der Waals surface area contributed by atoms with E-state index in [2.05, 4.69) is 10.6 Å². The van der Waals surface area contributed by atoms with Crippen LogP contribution in [0.2, 0.25) is 0 Å². The zero-order chi connectivity index (χ0) is 22.5. The lowest BCUT2D eigenvalue weighted by molar-refractivity contribution is -0.128. The third kappa shape index (κ3) is 5.04. The van der Waals surface area contributed by atoms with Gasteiger partial charge in [0.25, 0.3) is 17.7 Å². The van der Waals surface area contributed by atoms with E-state index in [1.807, 2.05) is 0 Å². The van der Waals surface area contributed by atoms with E-state index < -0.39 is 30.1 Å². The standard InChI is InChI=1S/C21H18FN3O5S/c1-25-20(28)15(19(27)24-21(25)31)10-12-4-3-5-16(29-2)18(12)30-11-17(26)23-14-8-6-13(22)7-9-14/h3-10H,11H2,1-2H3,(H,23,26)(H,24,27,31)/b15-10+. The van der Waals surface area contributed by atoms with Gasteiger partial charge in [-0.15, -0.1) is 0 Å². The van der Waals surface area contributed by atoms with Crippen molar-refractivity contribution in [3.63, 3.8) is 0 Å². The maximum Gasteiger partial charge on any atom is 0.265 e. The molecule has 10 heteroatoms. The van der Waals surface area contributed by atoms with Crippen LogP contribution in [0.15, 0.2) is 48.0 Å². The van der Waals surface area contributed by atoms with Crippen molar-refractivity contribution in [2.45, 2.75) is 0 Å². The number of para-hydroxylation sites is 1. The topological polar surface area (TPSA) is 97.0 Å². The van der Waals surface area contributed by atoms with Gasteiger partial charge in [-0.25, -0.2) is 4.39 Å². The Hall–Kier alpha value is -3.79. The molecule has 0 aliphatic carbocycles. The second-order valence-electron chi connectivity index (χ2n) is 6.40. The number of halogens is 1. The Morgan fingerprint density at radius 2 is 1.94 bits per heavy atom. The summed E-state index contributed by atoms with van der Waals surface area (Å²) < 4.78 is 23.9. The molecule has 1 aliphatic rings. The van der Waals surface area contributed by atoms with Crippen LogP contribution in [0.1, 0.15) is 5.56 Å². The van der Waals surface area contributed by atoms with Crippen LogP contribution in [0, 0.1) is 5.82 Å². The summed E-state index contributed by atoms with van der Waals surface area (Å²) in [5.41, 5.74) is 0.611. The average Bonchev–Trinajstić information content (AvgIpc) is 2.75. The monoisotopic (exact) mass is 443 g/mol. The fraction of sp³-hybridized carbons (Fsp3) is 0.143. The largest absolute Gasteiger partial charge is 0.493 e. The van der Waals surface area contributed by atoms with Crippen LogP contribution in [0.3, 0.4) is 0 Å². The Labute approximate surface area is 182 Å². The number of benzene rings is 2. The first kappa shape index (κ1) is 21.9. The predicted octanol–water partition coefficient (Wildman–Crippen LogP) is 2.11. The van der Waals surface area contributed by atoms with Crippen LogP contribution in [0.4, 0.5) is 10.1 Å². The minimum absolute atomic E-state index is 0.00623. The van der Waals surface area contributed by atoms with E-state index in [0.717, 1.165) is 4.90 Å². The molecule has 0 bridgehead atoms. The number of methoxy groups -OCH3 is 1. The van der Waals surface area contributed by atoms with Crippen LogP contribution in [0.25, 0.3) is 6.08 Å². The van der Waals surface area contributed by atoms with Gasteiger partial charge in [-0.05, 0) is 48.6 Å². The van der Waals surface area contributed by atoms with E-state index in [4.69, 9.17) is 21.7 Å². The van der Waals surface area contributed by atoms with Gasteiger partial charge in [0.2, 0.25) is 0 Å². The number of hydrogen-bond acceptors (Lipinski definition) is 6. The maximum atomic E-state index is 13.0. The highest BCUT2D eigenvalue weighted by Crippen LogP contribution is 2.33. The van der Waals surface area contributed by atoms with Crippen molar-refractivity contribution in [3.8, 4) is 11.5 Å². The van der Waals surface area contributed by atoms with Crippen molar-refractivity contribution in [1.29, 1.82) is 0 Å². The van der Waals surface area contributed by atoms with E-state index in [9.17, 15) is 18.8 Å². The third-order valence-corrected chi connectivity index (χ3v) is 4.69. The Morgan fingerprint density at radius 3 is 2.61 bits per heavy atom. The van der Waals surface area contributed by atoms with E-state index >= 15 is 0 Å². The third-order valence-electron chi connectivity index (χ3n) is 4.31. The number of ether oxygens (including phenoxy) is 2. The average molecular weight is 443 g/mol. The summed E-state index contributed by atoms with van der Waals surface area (Å²) in [6.45, 7) is -0.391. The molecule has 2 aromatic carbocycles. The normalized spacial score (nSPS) is 15.0. The first-order valence-electron chi connectivity index (χ1n) is 9.00. The summed E-state index contributed by atoms with van der Waals surface area (Å²) in [6, 6.07) is 10.1. The molecule has 3 amide bonds. The maximum absolute atomic E-state index is 13.0. The van der Waals surface area contributed by atoms with Gasteiger partial charge >= 0.3 is 0 Å². The Morgan fingerprint density at radius 1 is 1.23 bits per heavy atom. The van der Waals surface area contributed by atoms with Gasteiger partial charge in [-0.3, -0.25) is 24.6 Å². The highest BCUT2D eigenvalue weighted by atomic mass is 32.1. The van der Waals surface area contributed by atoms with Crippen molar-refractivity contribution >= 4 is 46.8 Å². The molecular formula is C21H18FN3O5S. The molecule has 0 aromatic heterocycles. The number of carbonyl (C=O) groups excluding carboxylic acids is 3. The highest BCUT2D eigenvalue weighted by molar-refractivity contribution is 7.80. The van der Waals surface area contributed by atoms with Crippen molar-refractivity contribution in [1.82, 2.24) is 10.2 Å². The quantitative estimate of drug-likeness (QED) is 0.403. The lowest BCUT2D eigenvalue weighted by Crippen LogP contribution is -2.52. The van der Waals surface area contributed by atoms with Crippen molar-refractivity contribution in [2.75, 3.05) is 26.1 Å². The molecule has 31 heavy (non-hydrogen) atoms. The Bertz CT molecular complexity index is 1080. The molecule has 1 aliphatic heterocycles. The molecule has 2 aromatic rings. The number of likely N-dealkylation sites (N-methyl/N-ethyl adjacent to an activating group) is 1. The van der Waals surface area contributed by atoms with Gasteiger partial charge < -0.3 is 14.8 Å². The predicted molar refractivity (Wildman–Crippen MR) is 115 cm³/mol. The van der Waals surface area contributed by atoms with Crippen LogP contribution >= 0.6 is 12.2 Å². The summed E-state index contributed by atoms with van der Waals surface area (Å²) in [6.07, 6.45) is 1.34. The van der Waals surface area contributed by atoms with Gasteiger partial charge in [-0.1, -0.05) is 12.1 Å². The van der Waals surface area contributed by atoms with Crippen LogP contribution in [-0.2, 0) is 14.4 Å². The van der Waals surface area contributed by atoms with Gasteiger partial charge in [0.15, 0.2) is 23.2 Å². The van der Waals surface area contributed by atoms with Gasteiger partial charge in [-0.2, -0.15) is 0 Å². The number of nitrogens with one attached hydrogen (secondary N) is 2. The number of amides is 3. The van der Waals surface area contributed by atoms with E-state index in [1.54, 1.807) is 18.2 Å². The number of carbonyl (C=O) groups is 3. The summed E-state index contributed by atoms with van der Waals surface area (Å²) in [5, 5.41) is 5.01. The Balaban J connectivity index is 1.83. The fourth-order valence-electron chi connectivity index (χ4n) is 2.73. The Kier molecular flexibility index (Phi) is 6.61. The lowest BCUT2D eigenvalue weighted by Gasteiger charge is -2.25. The fourth-order valence-corrected chi connectivity index (χ4v) is 2.91. The summed E-state index contributed by atoms with van der Waals surface area (Å²) in [4.78, 5) is 38.1. The molecule has 160 valence electrons. The smallest absolute Gasteiger partial charge is 0.265 e. The van der Waals surface area contributed by atoms with Crippen molar-refractivity contribution in [3.05, 3.63) is 59.4 Å². The van der Waals surface area contributed by atoms with Crippen LogP contribution in [-0.4, -0.2) is 48.5 Å². The summed E-state index contributed by atoms with van der Waals surface area (Å²) in [7, 11) is 2.86. The molecule has 1 heterocycles. The molecule has 1 saturated heterocycles. The lowest BCUT2D eigenvalue weighted by atomic mass is 10.1. The zero-order valence-corrected chi connectivity index (χ0v) is 17.4. The number of thiocarbonyl (C=S) groups is 1. The minimum Gasteiger partial charge on any atom is -0.493 e. The molecule has 0 atom stereocenters. The molecule has 3 rings (SSSR count). The summed E-state index contributed by atoms with van der Waals surface area (Å²) in [5.74, 6) is -1.66. The SMILES string of the molecule is COc1cccc(/C=C2\C(=O)NC(=S)N(C)C2=O)c1OCC(=O)Nc1ccc(F)cc1. The molecule has 0 radical (unpaired) electrons. The number of rotatable bonds is 6. The number of hydrogen-bond donors (Lipinski definition) is 2. The van der Waals surface area contributed by atoms with E-state index in [0.29, 0.717) is 17.0 Å². The van der Waals surface area contributed by atoms with Gasteiger partial charge in [0, 0.05) is 18.3 Å². The first-order chi connectivity index (χ1) is 14.8. The van der Waals surface area contributed by atoms with Crippen LogP contribution in [0.5, 0.6) is 11.5 Å². The summed E-state index contributed by atoms with van der Waals surface area (Å²) >= 11 is 4.93. The molecule has 2 N–H and O–H groups in total. The first-order valence-corrected chi connectivity index (χ1v) is 9.41. The molecule has 1 fully saturated rings. The molecular weight excluding hydrogens is 425 g/mol. The van der Waals surface area contributed by atoms with E-state index in [1.165, 1.54) is 44.5 Å². The number of nitrogens with zero attached hydrogens (tertiary/aromatic N) is 1. The molecule has 0 saturated carbocycles.